The summed E-state index contributed by atoms with van der Waals surface area (Å²) in [6.45, 7) is 1.61. The fourth-order valence-electron chi connectivity index (χ4n) is 1.23. The van der Waals surface area contributed by atoms with Gasteiger partial charge < -0.3 is 20.8 Å². The van der Waals surface area contributed by atoms with Crippen LogP contribution in [0.5, 0.6) is 0 Å². The number of carbonyl (C=O) groups excluding carboxylic acids is 1. The van der Waals surface area contributed by atoms with Crippen molar-refractivity contribution >= 4 is 12.0 Å². The zero-order valence-corrected chi connectivity index (χ0v) is 9.77. The number of hydrogen-bond donors (Lipinski definition) is 4. The van der Waals surface area contributed by atoms with Gasteiger partial charge >= 0.3 is 12.0 Å². The summed E-state index contributed by atoms with van der Waals surface area (Å²) in [6.07, 6.45) is 6.60. The van der Waals surface area contributed by atoms with Crippen LogP contribution in [0.3, 0.4) is 0 Å². The van der Waals surface area contributed by atoms with Crippen molar-refractivity contribution in [2.45, 2.75) is 38.3 Å². The Kier molecular flexibility index (Phi) is 7.55. The van der Waals surface area contributed by atoms with Crippen LogP contribution in [0.4, 0.5) is 4.79 Å². The second-order valence-electron chi connectivity index (χ2n) is 3.53. The summed E-state index contributed by atoms with van der Waals surface area (Å²) >= 11 is 0. The number of aliphatic hydroxyl groups is 1. The van der Waals surface area contributed by atoms with Gasteiger partial charge in [-0.3, -0.25) is 0 Å². The maximum atomic E-state index is 11.4. The molecule has 2 amide bonds. The van der Waals surface area contributed by atoms with E-state index in [1.807, 2.05) is 6.92 Å². The Bertz CT molecular complexity index is 298. The van der Waals surface area contributed by atoms with Crippen molar-refractivity contribution in [3.63, 3.8) is 0 Å². The molecule has 0 aromatic rings. The summed E-state index contributed by atoms with van der Waals surface area (Å²) < 4.78 is 0. The van der Waals surface area contributed by atoms with Gasteiger partial charge in [-0.1, -0.05) is 19.3 Å². The van der Waals surface area contributed by atoms with Gasteiger partial charge in [0.15, 0.2) is 0 Å². The lowest BCUT2D eigenvalue weighted by Crippen LogP contribution is -2.49. The molecule has 6 heteroatoms. The fraction of sp³-hybridized carbons (Fsp3) is 0.636. The van der Waals surface area contributed by atoms with Gasteiger partial charge in [-0.2, -0.15) is 0 Å². The van der Waals surface area contributed by atoms with Crippen molar-refractivity contribution in [3.05, 3.63) is 0 Å². The predicted molar refractivity (Wildman–Crippen MR) is 62.3 cm³/mol. The molecule has 0 radical (unpaired) electrons. The molecular weight excluding hydrogens is 224 g/mol. The summed E-state index contributed by atoms with van der Waals surface area (Å²) in [5, 5.41) is 22.1. The Labute approximate surface area is 100 Å². The number of carboxylic acid groups (broad SMARTS) is 1. The van der Waals surface area contributed by atoms with Crippen LogP contribution in [0.2, 0.25) is 0 Å². The molecule has 0 rings (SSSR count). The van der Waals surface area contributed by atoms with E-state index >= 15 is 0 Å². The average molecular weight is 242 g/mol. The number of amides is 2. The van der Waals surface area contributed by atoms with E-state index in [1.54, 1.807) is 0 Å². The molecule has 0 aliphatic rings. The zero-order chi connectivity index (χ0) is 13.3. The Hall–Kier alpha value is -1.74. The first kappa shape index (κ1) is 15.3. The van der Waals surface area contributed by atoms with Crippen LogP contribution in [-0.4, -0.2) is 40.9 Å². The number of nitrogens with one attached hydrogen (secondary N) is 2. The maximum absolute atomic E-state index is 11.4. The van der Waals surface area contributed by atoms with E-state index < -0.39 is 24.1 Å². The van der Waals surface area contributed by atoms with Crippen LogP contribution in [0.25, 0.3) is 0 Å². The van der Waals surface area contributed by atoms with Gasteiger partial charge in [-0.15, -0.1) is 6.42 Å². The molecule has 4 N–H and O–H groups in total. The van der Waals surface area contributed by atoms with Crippen molar-refractivity contribution in [3.8, 4) is 12.3 Å². The molecule has 0 aromatic carbocycles. The lowest BCUT2D eigenvalue weighted by atomic mass is 10.2. The smallest absolute Gasteiger partial charge is 0.326 e. The van der Waals surface area contributed by atoms with Crippen molar-refractivity contribution < 1.29 is 19.8 Å². The number of carboxylic acids is 1. The highest BCUT2D eigenvalue weighted by molar-refractivity contribution is 5.82. The van der Waals surface area contributed by atoms with E-state index in [0.29, 0.717) is 6.42 Å². The van der Waals surface area contributed by atoms with Gasteiger partial charge in [-0.25, -0.2) is 9.59 Å². The quantitative estimate of drug-likeness (QED) is 0.469. The number of rotatable bonds is 7. The predicted octanol–water partition coefficient (Wildman–Crippen LogP) is -0.0769. The molecule has 96 valence electrons. The van der Waals surface area contributed by atoms with E-state index in [-0.39, 0.29) is 13.0 Å². The summed E-state index contributed by atoms with van der Waals surface area (Å²) in [5.41, 5.74) is 0. The number of aliphatic hydroxyl groups excluding tert-OH is 1. The Morgan fingerprint density at radius 2 is 2.00 bits per heavy atom. The SMILES string of the molecule is C#CC(CCC)NC(=O)NC(CCO)C(=O)O. The minimum atomic E-state index is -1.19. The summed E-state index contributed by atoms with van der Waals surface area (Å²) in [6, 6.07) is -2.16. The van der Waals surface area contributed by atoms with E-state index in [2.05, 4.69) is 16.6 Å². The minimum Gasteiger partial charge on any atom is -0.480 e. The Morgan fingerprint density at radius 1 is 1.35 bits per heavy atom. The summed E-state index contributed by atoms with van der Waals surface area (Å²) in [7, 11) is 0. The zero-order valence-electron chi connectivity index (χ0n) is 9.77. The second-order valence-corrected chi connectivity index (χ2v) is 3.53. The minimum absolute atomic E-state index is 0.0444. The van der Waals surface area contributed by atoms with Crippen molar-refractivity contribution in [2.75, 3.05) is 6.61 Å². The monoisotopic (exact) mass is 242 g/mol. The maximum Gasteiger partial charge on any atom is 0.326 e. The first-order valence-electron chi connectivity index (χ1n) is 5.42. The number of terminal acetylenes is 1. The van der Waals surface area contributed by atoms with Crippen molar-refractivity contribution in [1.82, 2.24) is 10.6 Å². The van der Waals surface area contributed by atoms with E-state index in [0.717, 1.165) is 6.42 Å². The van der Waals surface area contributed by atoms with Gasteiger partial charge in [0.05, 0.1) is 6.04 Å². The molecule has 0 aliphatic carbocycles. The highest BCUT2D eigenvalue weighted by Gasteiger charge is 2.20. The Morgan fingerprint density at radius 3 is 2.41 bits per heavy atom. The van der Waals surface area contributed by atoms with Crippen LogP contribution < -0.4 is 10.6 Å². The van der Waals surface area contributed by atoms with Crippen LogP contribution in [-0.2, 0) is 4.79 Å². The van der Waals surface area contributed by atoms with Crippen molar-refractivity contribution in [2.24, 2.45) is 0 Å². The van der Waals surface area contributed by atoms with Gasteiger partial charge in [0.2, 0.25) is 0 Å². The standard InChI is InChI=1S/C11H18N2O4/c1-3-5-8(4-2)12-11(17)13-9(6-7-14)10(15)16/h2,8-9,14H,3,5-7H2,1H3,(H,15,16)(H2,12,13,17). The number of urea groups is 1. The largest absolute Gasteiger partial charge is 0.480 e. The number of hydrogen-bond acceptors (Lipinski definition) is 3. The third-order valence-electron chi connectivity index (χ3n) is 2.11. The summed E-state index contributed by atoms with van der Waals surface area (Å²) in [4.78, 5) is 22.1. The first-order chi connectivity index (χ1) is 8.04. The topological polar surface area (TPSA) is 98.7 Å². The molecule has 0 fully saturated rings. The lowest BCUT2D eigenvalue weighted by Gasteiger charge is -2.16. The third kappa shape index (κ3) is 6.43. The first-order valence-corrected chi connectivity index (χ1v) is 5.42. The highest BCUT2D eigenvalue weighted by atomic mass is 16.4. The van der Waals surface area contributed by atoms with Crippen LogP contribution in [0.15, 0.2) is 0 Å². The van der Waals surface area contributed by atoms with E-state index in [9.17, 15) is 9.59 Å². The molecule has 0 saturated carbocycles. The number of aliphatic carboxylic acids is 1. The fourth-order valence-corrected chi connectivity index (χ4v) is 1.23. The molecule has 0 spiro atoms. The molecule has 0 heterocycles. The molecule has 6 nitrogen and oxygen atoms in total. The van der Waals surface area contributed by atoms with Crippen molar-refractivity contribution in [1.29, 1.82) is 0 Å². The molecule has 2 atom stereocenters. The van der Waals surface area contributed by atoms with Crippen LogP contribution in [0.1, 0.15) is 26.2 Å². The second kappa shape index (κ2) is 8.42. The third-order valence-corrected chi connectivity index (χ3v) is 2.11. The lowest BCUT2D eigenvalue weighted by molar-refractivity contribution is -0.139. The molecule has 0 bridgehead atoms. The highest BCUT2D eigenvalue weighted by Crippen LogP contribution is 1.96. The van der Waals surface area contributed by atoms with E-state index in [4.69, 9.17) is 16.6 Å². The van der Waals surface area contributed by atoms with Gasteiger partial charge in [0, 0.05) is 13.0 Å². The van der Waals surface area contributed by atoms with E-state index in [1.165, 1.54) is 0 Å². The molecule has 0 saturated heterocycles. The average Bonchev–Trinajstić information content (AvgIpc) is 2.27. The van der Waals surface area contributed by atoms with Crippen LogP contribution in [0, 0.1) is 12.3 Å². The molecule has 0 aliphatic heterocycles. The Balaban J connectivity index is 4.22. The molecule has 2 unspecified atom stereocenters. The number of carbonyl (C=O) groups is 2. The molecule has 0 aromatic heterocycles. The molecular formula is C11H18N2O4. The van der Waals surface area contributed by atoms with Gasteiger partial charge in [-0.05, 0) is 6.42 Å². The van der Waals surface area contributed by atoms with Crippen LogP contribution >= 0.6 is 0 Å². The molecule has 17 heavy (non-hydrogen) atoms. The normalized spacial score (nSPS) is 13.2. The van der Waals surface area contributed by atoms with Gasteiger partial charge in [0.1, 0.15) is 6.04 Å². The van der Waals surface area contributed by atoms with Gasteiger partial charge in [0.25, 0.3) is 0 Å². The summed E-state index contributed by atoms with van der Waals surface area (Å²) in [5.74, 6) is 1.21.